The molecule has 4 aromatic rings. The van der Waals surface area contributed by atoms with Gasteiger partial charge < -0.3 is 0 Å². The summed E-state index contributed by atoms with van der Waals surface area (Å²) in [5.41, 5.74) is 5.76. The minimum Gasteiger partial charge on any atom is -0.205 e. The highest BCUT2D eigenvalue weighted by Crippen LogP contribution is 2.36. The first-order chi connectivity index (χ1) is 21.6. The largest absolute Gasteiger partial charge is 0.205 e. The summed E-state index contributed by atoms with van der Waals surface area (Å²) in [6.45, 7) is 12.6. The highest BCUT2D eigenvalue weighted by atomic mass is 15.3. The summed E-state index contributed by atoms with van der Waals surface area (Å²) in [6.07, 6.45) is 0. The van der Waals surface area contributed by atoms with E-state index in [1.165, 1.54) is 0 Å². The van der Waals surface area contributed by atoms with E-state index in [0.717, 1.165) is 33.8 Å². The van der Waals surface area contributed by atoms with Crippen molar-refractivity contribution >= 4 is 34.3 Å². The van der Waals surface area contributed by atoms with Crippen molar-refractivity contribution in [2.45, 2.75) is 41.5 Å². The normalized spacial score (nSPS) is 19.3. The van der Waals surface area contributed by atoms with Crippen LogP contribution in [0.3, 0.4) is 0 Å². The van der Waals surface area contributed by atoms with E-state index in [4.69, 9.17) is 15.0 Å². The average Bonchev–Trinajstić information content (AvgIpc) is 3.65. The van der Waals surface area contributed by atoms with Crippen LogP contribution in [0, 0.1) is 16.2 Å². The zero-order valence-electron chi connectivity index (χ0n) is 26.2. The molecule has 1 aromatic heterocycles. The van der Waals surface area contributed by atoms with Crippen molar-refractivity contribution in [3.63, 3.8) is 0 Å². The first kappa shape index (κ1) is 28.5. The van der Waals surface area contributed by atoms with Gasteiger partial charge in [0.2, 0.25) is 0 Å². The Balaban J connectivity index is 1.33. The van der Waals surface area contributed by atoms with Gasteiger partial charge in [0.15, 0.2) is 17.5 Å². The van der Waals surface area contributed by atoms with Crippen molar-refractivity contribution < 1.29 is 0 Å². The van der Waals surface area contributed by atoms with E-state index in [-0.39, 0.29) is 0 Å². The van der Waals surface area contributed by atoms with Crippen LogP contribution in [0.4, 0.5) is 0 Å². The zero-order chi connectivity index (χ0) is 31.4. The van der Waals surface area contributed by atoms with Gasteiger partial charge in [-0.3, -0.25) is 0 Å². The van der Waals surface area contributed by atoms with E-state index >= 15 is 0 Å². The van der Waals surface area contributed by atoms with Crippen LogP contribution in [-0.2, 0) is 0 Å². The fourth-order valence-electron chi connectivity index (χ4n) is 6.10. The Labute approximate surface area is 262 Å². The number of hydrogen-bond donors (Lipinski definition) is 0. The van der Waals surface area contributed by atoms with Gasteiger partial charge >= 0.3 is 0 Å². The van der Waals surface area contributed by atoms with E-state index in [1.54, 1.807) is 0 Å². The van der Waals surface area contributed by atoms with Crippen molar-refractivity contribution in [2.24, 2.45) is 46.9 Å². The molecular weight excluding hydrogens is 558 g/mol. The molecule has 0 fully saturated rings. The van der Waals surface area contributed by atoms with Crippen molar-refractivity contribution in [3.05, 3.63) is 125 Å². The first-order valence-corrected chi connectivity index (χ1v) is 15.0. The van der Waals surface area contributed by atoms with Gasteiger partial charge in [-0.1, -0.05) is 91.0 Å². The number of nitrogens with zero attached hydrogens (tertiary/aromatic N) is 9. The van der Waals surface area contributed by atoms with Crippen LogP contribution in [0.2, 0.25) is 0 Å². The molecule has 0 unspecified atom stereocenters. The van der Waals surface area contributed by atoms with Crippen LogP contribution in [0.25, 0.3) is 0 Å². The Morgan fingerprint density at radius 2 is 0.533 bits per heavy atom. The second-order valence-corrected chi connectivity index (χ2v) is 13.0. The summed E-state index contributed by atoms with van der Waals surface area (Å²) in [7, 11) is 0. The third-order valence-corrected chi connectivity index (χ3v) is 8.71. The van der Waals surface area contributed by atoms with Crippen LogP contribution in [-0.4, -0.2) is 49.2 Å². The van der Waals surface area contributed by atoms with Crippen LogP contribution < -0.4 is 0 Å². The molecule has 45 heavy (non-hydrogen) atoms. The highest BCUT2D eigenvalue weighted by molar-refractivity contribution is 6.28. The molecule has 0 N–H and O–H groups in total. The molecule has 4 heterocycles. The molecule has 0 aliphatic carbocycles. The lowest BCUT2D eigenvalue weighted by atomic mass is 9.78. The van der Waals surface area contributed by atoms with Gasteiger partial charge in [0.1, 0.15) is 17.1 Å². The fourth-order valence-corrected chi connectivity index (χ4v) is 6.10. The number of hydrogen-bond acceptors (Lipinski definition) is 9. The Morgan fingerprint density at radius 1 is 0.311 bits per heavy atom. The number of benzene rings is 3. The number of aromatic nitrogens is 3. The fraction of sp³-hybridized carbons (Fsp3) is 0.250. The lowest BCUT2D eigenvalue weighted by Gasteiger charge is -2.26. The third-order valence-electron chi connectivity index (χ3n) is 8.71. The molecule has 0 atom stereocenters. The minimum absolute atomic E-state index is 0.424. The zero-order valence-corrected chi connectivity index (χ0v) is 26.2. The molecule has 0 saturated carbocycles. The van der Waals surface area contributed by atoms with Crippen LogP contribution in [0.15, 0.2) is 122 Å². The van der Waals surface area contributed by atoms with Crippen LogP contribution >= 0.6 is 0 Å². The Kier molecular flexibility index (Phi) is 6.58. The average molecular weight is 592 g/mol. The van der Waals surface area contributed by atoms with Crippen molar-refractivity contribution in [3.8, 4) is 0 Å². The van der Waals surface area contributed by atoms with Gasteiger partial charge in [0, 0.05) is 0 Å². The molecule has 0 saturated heterocycles. The molecule has 7 rings (SSSR count). The smallest absolute Gasteiger partial charge is 0.181 e. The van der Waals surface area contributed by atoms with Crippen molar-refractivity contribution in [1.29, 1.82) is 0 Å². The van der Waals surface area contributed by atoms with Gasteiger partial charge in [-0.15, -0.1) is 0 Å². The van der Waals surface area contributed by atoms with Gasteiger partial charge in [0.05, 0.1) is 33.4 Å². The summed E-state index contributed by atoms with van der Waals surface area (Å²) in [5, 5.41) is 27.9. The standard InChI is InChI=1S/C36H33N9/c1-34(2)25(22-16-10-7-11-17-22)40-43-28(34)31-37-32(29-35(3,4)26(41-44-29)23-18-12-8-13-19-23)39-33(38-31)30-36(5,6)27(42-45-30)24-20-14-9-15-21-24/h7-21H,1-6H3. The molecule has 222 valence electrons. The molecule has 0 spiro atoms. The van der Waals surface area contributed by atoms with E-state index in [9.17, 15) is 0 Å². The lowest BCUT2D eigenvalue weighted by molar-refractivity contribution is 0.718. The quantitative estimate of drug-likeness (QED) is 0.253. The van der Waals surface area contributed by atoms with E-state index in [2.05, 4.69) is 72.2 Å². The maximum atomic E-state index is 5.02. The molecule has 9 heteroatoms. The van der Waals surface area contributed by atoms with Gasteiger partial charge in [-0.2, -0.15) is 30.6 Å². The SMILES string of the molecule is CC1(C)C(c2ccccc2)=NN=C1c1nc(C2=NN=C(c3ccccc3)C2(C)C)nc(C2=NN=C(c3ccccc3)C2(C)C)n1. The van der Waals surface area contributed by atoms with Gasteiger partial charge in [-0.25, -0.2) is 15.0 Å². The summed E-state index contributed by atoms with van der Waals surface area (Å²) in [4.78, 5) is 15.1. The van der Waals surface area contributed by atoms with Gasteiger partial charge in [-0.05, 0) is 58.2 Å². The summed E-state index contributed by atoms with van der Waals surface area (Å²) in [5.74, 6) is 1.27. The second kappa shape index (κ2) is 10.4. The molecule has 3 aromatic carbocycles. The third kappa shape index (κ3) is 4.66. The summed E-state index contributed by atoms with van der Waals surface area (Å²) >= 11 is 0. The molecule has 0 radical (unpaired) electrons. The van der Waals surface area contributed by atoms with Crippen molar-refractivity contribution in [2.75, 3.05) is 0 Å². The minimum atomic E-state index is -0.575. The predicted molar refractivity (Wildman–Crippen MR) is 180 cm³/mol. The summed E-state index contributed by atoms with van der Waals surface area (Å²) in [6, 6.07) is 30.2. The van der Waals surface area contributed by atoms with Crippen LogP contribution in [0.5, 0.6) is 0 Å². The second-order valence-electron chi connectivity index (χ2n) is 13.0. The Morgan fingerprint density at radius 3 is 0.778 bits per heavy atom. The van der Waals surface area contributed by atoms with E-state index in [1.807, 2.05) is 91.0 Å². The molecule has 3 aliphatic heterocycles. The summed E-state index contributed by atoms with van der Waals surface area (Å²) < 4.78 is 0. The maximum absolute atomic E-state index is 5.02. The number of rotatable bonds is 6. The Hall–Kier alpha value is -5.31. The highest BCUT2D eigenvalue weighted by Gasteiger charge is 2.44. The van der Waals surface area contributed by atoms with E-state index in [0.29, 0.717) is 34.6 Å². The first-order valence-electron chi connectivity index (χ1n) is 15.0. The molecule has 9 nitrogen and oxygen atoms in total. The topological polar surface area (TPSA) is 113 Å². The van der Waals surface area contributed by atoms with E-state index < -0.39 is 16.2 Å². The molecule has 0 amide bonds. The predicted octanol–water partition coefficient (Wildman–Crippen LogP) is 6.57. The van der Waals surface area contributed by atoms with Gasteiger partial charge in [0.25, 0.3) is 0 Å². The van der Waals surface area contributed by atoms with Crippen molar-refractivity contribution in [1.82, 2.24) is 15.0 Å². The molecule has 0 bridgehead atoms. The Bertz CT molecular complexity index is 1750. The molecular formula is C36H33N9. The van der Waals surface area contributed by atoms with Crippen LogP contribution in [0.1, 0.15) is 75.7 Å². The molecule has 3 aliphatic rings. The lowest BCUT2D eigenvalue weighted by Crippen LogP contribution is -2.37. The maximum Gasteiger partial charge on any atom is 0.181 e. The monoisotopic (exact) mass is 591 g/mol.